The zero-order valence-corrected chi connectivity index (χ0v) is 22.2. The molecule has 202 valence electrons. The Kier molecular flexibility index (Phi) is 6.36. The van der Waals surface area contributed by atoms with Gasteiger partial charge in [-0.15, -0.1) is 0 Å². The third kappa shape index (κ3) is 4.93. The van der Waals surface area contributed by atoms with Crippen molar-refractivity contribution in [3.05, 3.63) is 76.9 Å². The van der Waals surface area contributed by atoms with E-state index in [1.54, 1.807) is 30.3 Å². The Hall–Kier alpha value is -4.35. The van der Waals surface area contributed by atoms with Crippen LogP contribution in [0.25, 0.3) is 0 Å². The summed E-state index contributed by atoms with van der Waals surface area (Å²) in [5.41, 5.74) is 0.879. The number of nitrogens with zero attached hydrogens (tertiary/aromatic N) is 1. The van der Waals surface area contributed by atoms with Crippen molar-refractivity contribution in [3.63, 3.8) is 0 Å². The number of esters is 1. The van der Waals surface area contributed by atoms with Crippen LogP contribution in [0, 0.1) is 0 Å². The molecule has 3 aromatic rings. The summed E-state index contributed by atoms with van der Waals surface area (Å²) in [4.78, 5) is 24.5. The van der Waals surface area contributed by atoms with E-state index in [1.165, 1.54) is 24.3 Å². The number of phenols is 2. The lowest BCUT2D eigenvalue weighted by molar-refractivity contribution is -0.873. The predicted molar refractivity (Wildman–Crippen MR) is 142 cm³/mol. The molecule has 0 saturated heterocycles. The van der Waals surface area contributed by atoms with Crippen molar-refractivity contribution in [1.82, 2.24) is 0 Å². The first-order valence-corrected chi connectivity index (χ1v) is 12.5. The molecule has 2 aliphatic heterocycles. The molecule has 0 amide bonds. The minimum atomic E-state index is -1.38. The Bertz CT molecular complexity index is 1460. The molecule has 1 atom stereocenters. The number of aliphatic carboxylic acids is 1. The topological polar surface area (TPSA) is 137 Å². The fourth-order valence-corrected chi connectivity index (χ4v) is 5.28. The normalized spacial score (nSPS) is 15.3. The van der Waals surface area contributed by atoms with Crippen molar-refractivity contribution in [1.29, 1.82) is 0 Å². The average molecular weight is 551 g/mol. The highest BCUT2D eigenvalue weighted by molar-refractivity contribution is 7.80. The van der Waals surface area contributed by atoms with E-state index in [9.17, 15) is 24.9 Å². The smallest absolute Gasteiger partial charge is 0.340 e. The molecular formula is C28H26N2O8S. The van der Waals surface area contributed by atoms with Crippen molar-refractivity contribution >= 4 is 35.0 Å². The highest BCUT2D eigenvalue weighted by atomic mass is 32.1. The molecule has 1 spiro atoms. The number of anilines is 1. The Labute approximate surface area is 229 Å². The maximum absolute atomic E-state index is 13.3. The molecule has 39 heavy (non-hydrogen) atoms. The maximum Gasteiger partial charge on any atom is 0.340 e. The minimum Gasteiger partial charge on any atom is -0.550 e. The number of carboxylic acids is 1. The first kappa shape index (κ1) is 26.3. The molecule has 0 radical (unpaired) electrons. The Morgan fingerprint density at radius 2 is 1.62 bits per heavy atom. The van der Waals surface area contributed by atoms with Gasteiger partial charge < -0.3 is 44.1 Å². The lowest BCUT2D eigenvalue weighted by atomic mass is 9.77. The zero-order chi connectivity index (χ0) is 28.1. The van der Waals surface area contributed by atoms with Crippen molar-refractivity contribution in [2.75, 3.05) is 33.0 Å². The van der Waals surface area contributed by atoms with Crippen molar-refractivity contribution in [2.24, 2.45) is 0 Å². The van der Waals surface area contributed by atoms with Crippen LogP contribution >= 0.6 is 12.2 Å². The zero-order valence-electron chi connectivity index (χ0n) is 21.4. The van der Waals surface area contributed by atoms with Gasteiger partial charge in [-0.05, 0) is 48.6 Å². The molecule has 0 saturated carbocycles. The van der Waals surface area contributed by atoms with Crippen molar-refractivity contribution < 1.29 is 43.6 Å². The van der Waals surface area contributed by atoms with Crippen LogP contribution in [0.2, 0.25) is 0 Å². The Balaban J connectivity index is 1.49. The summed E-state index contributed by atoms with van der Waals surface area (Å²) in [5.74, 6) is -1.36. The number of aromatic hydroxyl groups is 2. The molecule has 3 aromatic carbocycles. The SMILES string of the molecule is C[N+](C)(C)CC(CC(=O)[O-])OC(=S)Nc1ccc2c(c1)C(=O)OC21c2ccc(O)cc2Oc2cc(O)ccc21. The molecule has 0 fully saturated rings. The largest absolute Gasteiger partial charge is 0.550 e. The number of thiocarbonyl (C=S) groups is 1. The van der Waals surface area contributed by atoms with E-state index < -0.39 is 23.6 Å². The van der Waals surface area contributed by atoms with Gasteiger partial charge in [-0.2, -0.15) is 0 Å². The van der Waals surface area contributed by atoms with Crippen LogP contribution in [0.5, 0.6) is 23.0 Å². The summed E-state index contributed by atoms with van der Waals surface area (Å²) in [6.45, 7) is 0.376. The van der Waals surface area contributed by atoms with Crippen molar-refractivity contribution in [2.45, 2.75) is 18.1 Å². The van der Waals surface area contributed by atoms with Gasteiger partial charge in [-0.3, -0.25) is 0 Å². The molecule has 10 nitrogen and oxygen atoms in total. The van der Waals surface area contributed by atoms with Crippen LogP contribution in [0.15, 0.2) is 54.6 Å². The van der Waals surface area contributed by atoms with Gasteiger partial charge in [0.1, 0.15) is 29.5 Å². The summed E-state index contributed by atoms with van der Waals surface area (Å²) in [7, 11) is 5.71. The molecule has 0 aromatic heterocycles. The molecule has 0 aliphatic carbocycles. The summed E-state index contributed by atoms with van der Waals surface area (Å²) in [5, 5.41) is 34.2. The fourth-order valence-electron chi connectivity index (χ4n) is 5.02. The first-order valence-electron chi connectivity index (χ1n) is 12.1. The van der Waals surface area contributed by atoms with Gasteiger partial charge in [0.15, 0.2) is 11.7 Å². The van der Waals surface area contributed by atoms with Crippen LogP contribution in [0.1, 0.15) is 33.5 Å². The fraction of sp³-hybridized carbons (Fsp3) is 0.250. The molecule has 3 N–H and O–H groups in total. The molecule has 2 heterocycles. The lowest BCUT2D eigenvalue weighted by Crippen LogP contribution is -2.45. The number of nitrogens with one attached hydrogen (secondary N) is 1. The summed E-state index contributed by atoms with van der Waals surface area (Å²) < 4.78 is 18.2. The van der Waals surface area contributed by atoms with Crippen LogP contribution in [-0.4, -0.2) is 65.6 Å². The minimum absolute atomic E-state index is 0.0349. The van der Waals surface area contributed by atoms with Gasteiger partial charge in [0.2, 0.25) is 0 Å². The van der Waals surface area contributed by atoms with Crippen molar-refractivity contribution in [3.8, 4) is 23.0 Å². The number of hydrogen-bond acceptors (Lipinski definition) is 9. The van der Waals surface area contributed by atoms with E-state index >= 15 is 0 Å². The number of phenolic OH excluding ortho intramolecular Hbond substituents is 2. The molecule has 11 heteroatoms. The summed E-state index contributed by atoms with van der Waals surface area (Å²) >= 11 is 5.33. The van der Waals surface area contributed by atoms with E-state index in [-0.39, 0.29) is 40.2 Å². The second-order valence-electron chi connectivity index (χ2n) is 10.5. The predicted octanol–water partition coefficient (Wildman–Crippen LogP) is 2.59. The summed E-state index contributed by atoms with van der Waals surface area (Å²) in [6.07, 6.45) is -1.05. The number of hydrogen-bond donors (Lipinski definition) is 3. The highest BCUT2D eigenvalue weighted by Crippen LogP contribution is 2.57. The monoisotopic (exact) mass is 550 g/mol. The van der Waals surface area contributed by atoms with Gasteiger partial charge in [-0.25, -0.2) is 4.79 Å². The highest BCUT2D eigenvalue weighted by Gasteiger charge is 2.53. The molecule has 5 rings (SSSR count). The average Bonchev–Trinajstić information content (AvgIpc) is 3.09. The number of likely N-dealkylation sites (N-methyl/N-ethyl adjacent to an activating group) is 1. The number of carbonyl (C=O) groups is 2. The van der Waals surface area contributed by atoms with E-state index in [0.29, 0.717) is 33.4 Å². The van der Waals surface area contributed by atoms with E-state index in [0.717, 1.165) is 0 Å². The van der Waals surface area contributed by atoms with Crippen LogP contribution in [0.3, 0.4) is 0 Å². The lowest BCUT2D eigenvalue weighted by Gasteiger charge is -2.36. The molecule has 0 bridgehead atoms. The third-order valence-electron chi connectivity index (χ3n) is 6.44. The number of carbonyl (C=O) groups excluding carboxylic acids is 2. The Morgan fingerprint density at radius 3 is 2.18 bits per heavy atom. The van der Waals surface area contributed by atoms with E-state index in [1.807, 2.05) is 21.1 Å². The maximum atomic E-state index is 13.3. The van der Waals surface area contributed by atoms with E-state index in [2.05, 4.69) is 5.32 Å². The van der Waals surface area contributed by atoms with Crippen LogP contribution in [-0.2, 0) is 19.9 Å². The van der Waals surface area contributed by atoms with Crippen LogP contribution in [0.4, 0.5) is 5.69 Å². The standard InChI is InChI=1S/C28H26N2O8S/c1-30(2,3)14-18(13-25(33)34)36-27(39)29-15-4-7-20-19(10-15)26(35)38-28(20)21-8-5-16(31)11-23(21)37-24-12-17(32)6-9-22(24)28/h4-12,18H,13-14H2,1-3H3,(H3-,29,31,32,33,34,39). The third-order valence-corrected chi connectivity index (χ3v) is 6.64. The number of quaternary nitrogens is 1. The number of fused-ring (bicyclic) bond motifs is 6. The number of benzene rings is 3. The van der Waals surface area contributed by atoms with Crippen LogP contribution < -0.4 is 15.2 Å². The number of ether oxygens (including phenoxy) is 3. The molecule has 1 unspecified atom stereocenters. The molecule has 2 aliphatic rings. The Morgan fingerprint density at radius 1 is 1.03 bits per heavy atom. The van der Waals surface area contributed by atoms with E-state index in [4.69, 9.17) is 26.4 Å². The van der Waals surface area contributed by atoms with Gasteiger partial charge in [0.05, 0.1) is 26.7 Å². The second kappa shape index (κ2) is 9.44. The summed E-state index contributed by atoms with van der Waals surface area (Å²) in [6, 6.07) is 14.0. The van der Waals surface area contributed by atoms with Gasteiger partial charge in [0, 0.05) is 46.9 Å². The van der Waals surface area contributed by atoms with Gasteiger partial charge in [0.25, 0.3) is 5.17 Å². The number of rotatable bonds is 6. The quantitative estimate of drug-likeness (QED) is 0.239. The van der Waals surface area contributed by atoms with Gasteiger partial charge in [-0.1, -0.05) is 6.07 Å². The van der Waals surface area contributed by atoms with Gasteiger partial charge >= 0.3 is 5.97 Å². The first-order chi connectivity index (χ1) is 18.4. The molecular weight excluding hydrogens is 524 g/mol. The number of carboxylic acid groups (broad SMARTS) is 1. The second-order valence-corrected chi connectivity index (χ2v) is 10.9.